The van der Waals surface area contributed by atoms with Crippen LogP contribution in [-0.2, 0) is 10.0 Å². The summed E-state index contributed by atoms with van der Waals surface area (Å²) in [6.07, 6.45) is 1.36. The van der Waals surface area contributed by atoms with Gasteiger partial charge in [0.05, 0.1) is 11.9 Å². The Morgan fingerprint density at radius 2 is 2.20 bits per heavy atom. The summed E-state index contributed by atoms with van der Waals surface area (Å²) in [6, 6.07) is 6.82. The summed E-state index contributed by atoms with van der Waals surface area (Å²) >= 11 is 0. The third kappa shape index (κ3) is 4.99. The minimum atomic E-state index is -3.43. The fourth-order valence-corrected chi connectivity index (χ4v) is 2.68. The van der Waals surface area contributed by atoms with E-state index < -0.39 is 16.1 Å². The predicted octanol–water partition coefficient (Wildman–Crippen LogP) is 0.338. The third-order valence-electron chi connectivity index (χ3n) is 3.16. The molecule has 2 rings (SSSR count). The molecule has 6 nitrogen and oxygen atoms in total. The number of aliphatic hydroxyl groups excluding tert-OH is 1. The molecule has 112 valence electrons. The van der Waals surface area contributed by atoms with Gasteiger partial charge in [0.2, 0.25) is 10.0 Å². The standard InChI is InChI=1S/C13H20N2O4S/c14-11-2-1-3-12(8-11)19-6-7-20(17,18)15-9-13(16)10-4-5-10/h1-3,8,10,13,15-16H,4-7,9,14H2. The maximum absolute atomic E-state index is 11.7. The molecule has 1 aromatic rings. The Bertz CT molecular complexity index is 543. The molecule has 1 aromatic carbocycles. The summed E-state index contributed by atoms with van der Waals surface area (Å²) in [6.45, 7) is 0.115. The van der Waals surface area contributed by atoms with E-state index in [1.807, 2.05) is 0 Å². The Balaban J connectivity index is 1.71. The zero-order valence-corrected chi connectivity index (χ0v) is 12.0. The molecular weight excluding hydrogens is 280 g/mol. The first kappa shape index (κ1) is 15.1. The zero-order valence-electron chi connectivity index (χ0n) is 11.2. The number of benzene rings is 1. The van der Waals surface area contributed by atoms with E-state index in [2.05, 4.69) is 4.72 Å². The van der Waals surface area contributed by atoms with Gasteiger partial charge in [-0.25, -0.2) is 13.1 Å². The summed E-state index contributed by atoms with van der Waals surface area (Å²) in [5.41, 5.74) is 6.16. The maximum Gasteiger partial charge on any atom is 0.215 e. The summed E-state index contributed by atoms with van der Waals surface area (Å²) in [5.74, 6) is 0.638. The van der Waals surface area contributed by atoms with Crippen LogP contribution in [0.5, 0.6) is 5.75 Å². The van der Waals surface area contributed by atoms with Crippen molar-refractivity contribution >= 4 is 15.7 Å². The Morgan fingerprint density at radius 1 is 1.45 bits per heavy atom. The molecule has 0 heterocycles. The minimum Gasteiger partial charge on any atom is -0.492 e. The van der Waals surface area contributed by atoms with Gasteiger partial charge in [0.15, 0.2) is 0 Å². The molecule has 0 radical (unpaired) electrons. The Labute approximate surface area is 119 Å². The van der Waals surface area contributed by atoms with Gasteiger partial charge in [0.25, 0.3) is 0 Å². The van der Waals surface area contributed by atoms with E-state index in [-0.39, 0.29) is 24.8 Å². The number of rotatable bonds is 8. The van der Waals surface area contributed by atoms with Gasteiger partial charge in [-0.2, -0.15) is 0 Å². The first-order valence-electron chi connectivity index (χ1n) is 6.60. The van der Waals surface area contributed by atoms with Crippen molar-refractivity contribution < 1.29 is 18.3 Å². The van der Waals surface area contributed by atoms with Crippen LogP contribution in [0.2, 0.25) is 0 Å². The summed E-state index contributed by atoms with van der Waals surface area (Å²) in [4.78, 5) is 0. The average Bonchev–Trinajstić information content (AvgIpc) is 3.20. The molecule has 0 aliphatic heterocycles. The second kappa shape index (κ2) is 6.43. The zero-order chi connectivity index (χ0) is 14.6. The van der Waals surface area contributed by atoms with Gasteiger partial charge in [-0.3, -0.25) is 0 Å². The van der Waals surface area contributed by atoms with Crippen LogP contribution in [0.3, 0.4) is 0 Å². The molecule has 1 saturated carbocycles. The van der Waals surface area contributed by atoms with E-state index in [0.717, 1.165) is 12.8 Å². The topological polar surface area (TPSA) is 102 Å². The second-order valence-corrected chi connectivity index (χ2v) is 6.92. The highest BCUT2D eigenvalue weighted by Crippen LogP contribution is 2.32. The van der Waals surface area contributed by atoms with E-state index in [1.165, 1.54) is 0 Å². The third-order valence-corrected chi connectivity index (χ3v) is 4.47. The molecule has 1 atom stereocenters. The molecule has 1 fully saturated rings. The molecule has 0 bridgehead atoms. The van der Waals surface area contributed by atoms with Crippen LogP contribution in [0.1, 0.15) is 12.8 Å². The number of aliphatic hydroxyl groups is 1. The fraction of sp³-hybridized carbons (Fsp3) is 0.538. The van der Waals surface area contributed by atoms with Crippen molar-refractivity contribution in [3.8, 4) is 5.75 Å². The van der Waals surface area contributed by atoms with Crippen LogP contribution >= 0.6 is 0 Å². The number of ether oxygens (including phenoxy) is 1. The van der Waals surface area contributed by atoms with Crippen molar-refractivity contribution in [2.24, 2.45) is 5.92 Å². The van der Waals surface area contributed by atoms with Gasteiger partial charge in [0.1, 0.15) is 12.4 Å². The molecule has 1 aliphatic carbocycles. The van der Waals surface area contributed by atoms with Crippen molar-refractivity contribution in [2.45, 2.75) is 18.9 Å². The van der Waals surface area contributed by atoms with Crippen LogP contribution in [0.15, 0.2) is 24.3 Å². The largest absolute Gasteiger partial charge is 0.492 e. The number of hydrogen-bond donors (Lipinski definition) is 3. The van der Waals surface area contributed by atoms with Crippen LogP contribution in [0.25, 0.3) is 0 Å². The molecule has 0 aromatic heterocycles. The van der Waals surface area contributed by atoms with Gasteiger partial charge < -0.3 is 15.6 Å². The molecule has 1 unspecified atom stereocenters. The molecule has 4 N–H and O–H groups in total. The van der Waals surface area contributed by atoms with Crippen LogP contribution in [-0.4, -0.2) is 38.5 Å². The molecule has 0 amide bonds. The van der Waals surface area contributed by atoms with Gasteiger partial charge in [0, 0.05) is 18.3 Å². The average molecular weight is 300 g/mol. The molecule has 7 heteroatoms. The first-order valence-corrected chi connectivity index (χ1v) is 8.25. The summed E-state index contributed by atoms with van der Waals surface area (Å²) in [7, 11) is -3.43. The van der Waals surface area contributed by atoms with Gasteiger partial charge in [-0.1, -0.05) is 6.07 Å². The lowest BCUT2D eigenvalue weighted by Gasteiger charge is -2.12. The van der Waals surface area contributed by atoms with Crippen molar-refractivity contribution in [3.05, 3.63) is 24.3 Å². The number of anilines is 1. The molecule has 0 saturated heterocycles. The maximum atomic E-state index is 11.7. The monoisotopic (exact) mass is 300 g/mol. The first-order chi connectivity index (χ1) is 9.46. The lowest BCUT2D eigenvalue weighted by Crippen LogP contribution is -2.35. The lowest BCUT2D eigenvalue weighted by molar-refractivity contribution is 0.155. The quantitative estimate of drug-likeness (QED) is 0.601. The highest BCUT2D eigenvalue weighted by Gasteiger charge is 2.30. The molecular formula is C13H20N2O4S. The lowest BCUT2D eigenvalue weighted by atomic mass is 10.2. The van der Waals surface area contributed by atoms with E-state index >= 15 is 0 Å². The predicted molar refractivity (Wildman–Crippen MR) is 76.9 cm³/mol. The highest BCUT2D eigenvalue weighted by atomic mass is 32.2. The van der Waals surface area contributed by atoms with E-state index in [0.29, 0.717) is 11.4 Å². The SMILES string of the molecule is Nc1cccc(OCCS(=O)(=O)NCC(O)C2CC2)c1. The number of nitrogens with two attached hydrogens (primary N) is 1. The van der Waals surface area contributed by atoms with E-state index in [9.17, 15) is 13.5 Å². The van der Waals surface area contributed by atoms with E-state index in [1.54, 1.807) is 24.3 Å². The van der Waals surface area contributed by atoms with E-state index in [4.69, 9.17) is 10.5 Å². The highest BCUT2D eigenvalue weighted by molar-refractivity contribution is 7.89. The van der Waals surface area contributed by atoms with Crippen LogP contribution in [0.4, 0.5) is 5.69 Å². The number of hydrogen-bond acceptors (Lipinski definition) is 5. The number of sulfonamides is 1. The van der Waals surface area contributed by atoms with Crippen LogP contribution in [0, 0.1) is 5.92 Å². The van der Waals surface area contributed by atoms with Crippen LogP contribution < -0.4 is 15.2 Å². The Morgan fingerprint density at radius 3 is 2.85 bits per heavy atom. The second-order valence-electron chi connectivity index (χ2n) is 4.99. The molecule has 0 spiro atoms. The Hall–Kier alpha value is -1.31. The number of nitrogens with one attached hydrogen (secondary N) is 1. The minimum absolute atomic E-state index is 0.0400. The summed E-state index contributed by atoms with van der Waals surface area (Å²) in [5, 5.41) is 9.61. The van der Waals surface area contributed by atoms with Gasteiger partial charge in [-0.15, -0.1) is 0 Å². The molecule has 20 heavy (non-hydrogen) atoms. The van der Waals surface area contributed by atoms with Gasteiger partial charge in [-0.05, 0) is 30.9 Å². The van der Waals surface area contributed by atoms with Crippen molar-refractivity contribution in [2.75, 3.05) is 24.6 Å². The van der Waals surface area contributed by atoms with Crippen molar-refractivity contribution in [1.29, 1.82) is 0 Å². The van der Waals surface area contributed by atoms with Gasteiger partial charge >= 0.3 is 0 Å². The molecule has 1 aliphatic rings. The number of nitrogen functional groups attached to an aromatic ring is 1. The fourth-order valence-electron chi connectivity index (χ4n) is 1.81. The summed E-state index contributed by atoms with van der Waals surface area (Å²) < 4.78 is 31.1. The Kier molecular flexibility index (Phi) is 4.85. The smallest absolute Gasteiger partial charge is 0.215 e. The normalized spacial score (nSPS) is 16.9. The van der Waals surface area contributed by atoms with Crippen molar-refractivity contribution in [3.63, 3.8) is 0 Å². The van der Waals surface area contributed by atoms with Crippen molar-refractivity contribution in [1.82, 2.24) is 4.72 Å².